The summed E-state index contributed by atoms with van der Waals surface area (Å²) in [7, 11) is 0. The van der Waals surface area contributed by atoms with Gasteiger partial charge in [0.1, 0.15) is 6.04 Å². The smallest absolute Gasteiger partial charge is 0.326 e. The zero-order valence-electron chi connectivity index (χ0n) is 13.4. The molecule has 0 unspecified atom stereocenters. The van der Waals surface area contributed by atoms with E-state index in [0.717, 1.165) is 19.3 Å². The molecule has 0 heterocycles. The van der Waals surface area contributed by atoms with Crippen molar-refractivity contribution in [2.45, 2.75) is 72.4 Å². The largest absolute Gasteiger partial charge is 0.480 e. The van der Waals surface area contributed by atoms with Crippen molar-refractivity contribution in [1.29, 1.82) is 0 Å². The van der Waals surface area contributed by atoms with E-state index in [-0.39, 0.29) is 12.0 Å². The van der Waals surface area contributed by atoms with Gasteiger partial charge < -0.3 is 15.7 Å². The number of rotatable bonds is 9. The highest BCUT2D eigenvalue weighted by molar-refractivity contribution is 5.82. The third-order valence-corrected chi connectivity index (χ3v) is 3.56. The van der Waals surface area contributed by atoms with Crippen molar-refractivity contribution in [2.24, 2.45) is 11.8 Å². The van der Waals surface area contributed by atoms with Crippen LogP contribution in [0.3, 0.4) is 0 Å². The van der Waals surface area contributed by atoms with Crippen molar-refractivity contribution in [2.75, 3.05) is 0 Å². The molecule has 0 bridgehead atoms. The Balaban J connectivity index is 4.15. The number of amides is 2. The predicted molar refractivity (Wildman–Crippen MR) is 80.7 cm³/mol. The van der Waals surface area contributed by atoms with Crippen molar-refractivity contribution in [3.8, 4) is 0 Å². The topological polar surface area (TPSA) is 78.4 Å². The maximum atomic E-state index is 11.8. The molecular formula is C15H30N2O3. The van der Waals surface area contributed by atoms with E-state index in [1.54, 1.807) is 0 Å². The summed E-state index contributed by atoms with van der Waals surface area (Å²) in [6.07, 6.45) is 3.82. The fraction of sp³-hybridized carbons (Fsp3) is 0.867. The number of hydrogen-bond acceptors (Lipinski definition) is 2. The van der Waals surface area contributed by atoms with Gasteiger partial charge in [-0.05, 0) is 25.2 Å². The summed E-state index contributed by atoms with van der Waals surface area (Å²) >= 11 is 0. The first-order valence-electron chi connectivity index (χ1n) is 7.57. The molecule has 5 nitrogen and oxygen atoms in total. The lowest BCUT2D eigenvalue weighted by Gasteiger charge is -2.22. The van der Waals surface area contributed by atoms with Crippen LogP contribution < -0.4 is 10.6 Å². The second-order valence-electron chi connectivity index (χ2n) is 6.05. The molecule has 118 valence electrons. The third-order valence-electron chi connectivity index (χ3n) is 3.56. The number of hydrogen-bond donors (Lipinski definition) is 3. The highest BCUT2D eigenvalue weighted by Gasteiger charge is 2.25. The lowest BCUT2D eigenvalue weighted by atomic mass is 9.99. The quantitative estimate of drug-likeness (QED) is 0.609. The van der Waals surface area contributed by atoms with Crippen molar-refractivity contribution in [3.63, 3.8) is 0 Å². The van der Waals surface area contributed by atoms with Crippen molar-refractivity contribution >= 4 is 12.0 Å². The second kappa shape index (κ2) is 9.61. The molecule has 0 spiro atoms. The summed E-state index contributed by atoms with van der Waals surface area (Å²) in [5, 5.41) is 14.5. The van der Waals surface area contributed by atoms with E-state index in [1.807, 2.05) is 20.8 Å². The van der Waals surface area contributed by atoms with Gasteiger partial charge >= 0.3 is 12.0 Å². The normalized spacial score (nSPS) is 15.5. The lowest BCUT2D eigenvalue weighted by molar-refractivity contribution is -0.140. The van der Waals surface area contributed by atoms with Crippen molar-refractivity contribution in [3.05, 3.63) is 0 Å². The highest BCUT2D eigenvalue weighted by atomic mass is 16.4. The molecule has 3 N–H and O–H groups in total. The van der Waals surface area contributed by atoms with Crippen LogP contribution in [-0.2, 0) is 4.79 Å². The molecule has 0 saturated heterocycles. The van der Waals surface area contributed by atoms with Crippen LogP contribution in [0.25, 0.3) is 0 Å². The number of carboxylic acids is 1. The zero-order valence-corrected chi connectivity index (χ0v) is 13.4. The van der Waals surface area contributed by atoms with Gasteiger partial charge in [0.2, 0.25) is 0 Å². The Morgan fingerprint density at radius 2 is 1.65 bits per heavy atom. The number of aliphatic carboxylic acids is 1. The van der Waals surface area contributed by atoms with Gasteiger partial charge in [-0.1, -0.05) is 47.0 Å². The predicted octanol–water partition coefficient (Wildman–Crippen LogP) is 3.00. The van der Waals surface area contributed by atoms with E-state index in [4.69, 9.17) is 5.11 Å². The summed E-state index contributed by atoms with van der Waals surface area (Å²) in [5.41, 5.74) is 0. The number of carboxylic acid groups (broad SMARTS) is 1. The molecule has 0 fully saturated rings. The number of nitrogens with one attached hydrogen (secondary N) is 2. The van der Waals surface area contributed by atoms with Gasteiger partial charge in [-0.25, -0.2) is 9.59 Å². The van der Waals surface area contributed by atoms with Crippen LogP contribution >= 0.6 is 0 Å². The SMILES string of the molecule is CC[C@@H](C)[C@H](NC(=O)N[C@@H](C)CCCC(C)C)C(=O)O. The molecule has 0 aliphatic heterocycles. The summed E-state index contributed by atoms with van der Waals surface area (Å²) < 4.78 is 0. The van der Waals surface area contributed by atoms with E-state index < -0.39 is 18.0 Å². The monoisotopic (exact) mass is 286 g/mol. The maximum Gasteiger partial charge on any atom is 0.326 e. The van der Waals surface area contributed by atoms with Crippen LogP contribution in [0.1, 0.15) is 60.3 Å². The standard InChI is InChI=1S/C15H30N2O3/c1-6-11(4)13(14(18)19)17-15(20)16-12(5)9-7-8-10(2)3/h10-13H,6-9H2,1-5H3,(H,18,19)(H2,16,17,20)/t11-,12+,13+/m1/s1. The number of carbonyl (C=O) groups excluding carboxylic acids is 1. The molecule has 0 aromatic rings. The summed E-state index contributed by atoms with van der Waals surface area (Å²) in [4.78, 5) is 22.9. The van der Waals surface area contributed by atoms with E-state index >= 15 is 0 Å². The maximum absolute atomic E-state index is 11.8. The van der Waals surface area contributed by atoms with Crippen LogP contribution in [0.4, 0.5) is 4.79 Å². The van der Waals surface area contributed by atoms with Gasteiger partial charge in [0.15, 0.2) is 0 Å². The number of carbonyl (C=O) groups is 2. The van der Waals surface area contributed by atoms with Gasteiger partial charge in [-0.15, -0.1) is 0 Å². The van der Waals surface area contributed by atoms with Crippen LogP contribution in [0.5, 0.6) is 0 Å². The first-order valence-corrected chi connectivity index (χ1v) is 7.57. The molecule has 0 aliphatic rings. The lowest BCUT2D eigenvalue weighted by Crippen LogP contribution is -2.50. The molecule has 0 saturated carbocycles. The summed E-state index contributed by atoms with van der Waals surface area (Å²) in [5.74, 6) is -0.408. The van der Waals surface area contributed by atoms with E-state index in [2.05, 4.69) is 24.5 Å². The Hall–Kier alpha value is -1.26. The molecule has 0 rings (SSSR count). The third kappa shape index (κ3) is 8.02. The van der Waals surface area contributed by atoms with Crippen molar-refractivity contribution in [1.82, 2.24) is 10.6 Å². The minimum Gasteiger partial charge on any atom is -0.480 e. The molecule has 5 heteroatoms. The molecule has 20 heavy (non-hydrogen) atoms. The fourth-order valence-electron chi connectivity index (χ4n) is 1.99. The fourth-order valence-corrected chi connectivity index (χ4v) is 1.99. The first kappa shape index (κ1) is 18.7. The molecule has 2 amide bonds. The minimum atomic E-state index is -0.984. The molecule has 0 aliphatic carbocycles. The van der Waals surface area contributed by atoms with Crippen LogP contribution in [-0.4, -0.2) is 29.2 Å². The van der Waals surface area contributed by atoms with Crippen molar-refractivity contribution < 1.29 is 14.7 Å². The van der Waals surface area contributed by atoms with E-state index in [9.17, 15) is 9.59 Å². The highest BCUT2D eigenvalue weighted by Crippen LogP contribution is 2.09. The Morgan fingerprint density at radius 3 is 2.10 bits per heavy atom. The second-order valence-corrected chi connectivity index (χ2v) is 6.05. The van der Waals surface area contributed by atoms with Crippen LogP contribution in [0.2, 0.25) is 0 Å². The van der Waals surface area contributed by atoms with Gasteiger partial charge in [-0.3, -0.25) is 0 Å². The summed E-state index contributed by atoms with van der Waals surface area (Å²) in [6, 6.07) is -1.17. The Morgan fingerprint density at radius 1 is 1.05 bits per heavy atom. The molecule has 0 aromatic carbocycles. The van der Waals surface area contributed by atoms with Crippen LogP contribution in [0, 0.1) is 11.8 Å². The molecular weight excluding hydrogens is 256 g/mol. The van der Waals surface area contributed by atoms with E-state index in [1.165, 1.54) is 0 Å². The van der Waals surface area contributed by atoms with Gasteiger partial charge in [0.25, 0.3) is 0 Å². The van der Waals surface area contributed by atoms with Gasteiger partial charge in [0.05, 0.1) is 0 Å². The molecule has 3 atom stereocenters. The van der Waals surface area contributed by atoms with Crippen LogP contribution in [0.15, 0.2) is 0 Å². The molecule has 0 radical (unpaired) electrons. The number of urea groups is 1. The van der Waals surface area contributed by atoms with Gasteiger partial charge in [0, 0.05) is 6.04 Å². The molecule has 0 aromatic heterocycles. The average Bonchev–Trinajstić information content (AvgIpc) is 2.34. The minimum absolute atomic E-state index is 0.0557. The Bertz CT molecular complexity index is 305. The Labute approximate surface area is 122 Å². The Kier molecular flexibility index (Phi) is 9.01. The summed E-state index contributed by atoms with van der Waals surface area (Å²) in [6.45, 7) is 10.0. The first-order chi connectivity index (χ1) is 9.27. The van der Waals surface area contributed by atoms with E-state index in [0.29, 0.717) is 12.3 Å². The van der Waals surface area contributed by atoms with Gasteiger partial charge in [-0.2, -0.15) is 0 Å². The zero-order chi connectivity index (χ0) is 15.7. The average molecular weight is 286 g/mol.